The largest absolute Gasteiger partial charge is 0.326 e. The lowest BCUT2D eigenvalue weighted by Gasteiger charge is -2.17. The molecular formula is C20H21N3O4. The van der Waals surface area contributed by atoms with Crippen LogP contribution in [0.1, 0.15) is 24.5 Å². The molecule has 7 heteroatoms. The smallest absolute Gasteiger partial charge is 0.269 e. The highest BCUT2D eigenvalue weighted by atomic mass is 16.6. The standard InChI is InChI=1S/C20H21N3O4/c1-3-14-4-6-16(7-5-14)22-12-15(11-19(22)24)20(25)21-18-9-8-17(23(26)27)10-13(18)2/h4-10,15H,3,11-12H2,1-2H3,(H,21,25). The van der Waals surface area contributed by atoms with Gasteiger partial charge >= 0.3 is 0 Å². The zero-order valence-corrected chi connectivity index (χ0v) is 15.3. The van der Waals surface area contributed by atoms with Gasteiger partial charge in [-0.1, -0.05) is 19.1 Å². The van der Waals surface area contributed by atoms with E-state index in [1.165, 1.54) is 23.8 Å². The minimum absolute atomic E-state index is 0.0248. The van der Waals surface area contributed by atoms with Crippen molar-refractivity contribution in [1.29, 1.82) is 0 Å². The van der Waals surface area contributed by atoms with Gasteiger partial charge < -0.3 is 10.2 Å². The van der Waals surface area contributed by atoms with Crippen molar-refractivity contribution in [2.75, 3.05) is 16.8 Å². The first-order valence-electron chi connectivity index (χ1n) is 8.84. The van der Waals surface area contributed by atoms with E-state index in [1.807, 2.05) is 24.3 Å². The number of carbonyl (C=O) groups is 2. The molecule has 1 unspecified atom stereocenters. The molecule has 1 N–H and O–H groups in total. The van der Waals surface area contributed by atoms with Gasteiger partial charge in [0.2, 0.25) is 11.8 Å². The second kappa shape index (κ2) is 7.57. The van der Waals surface area contributed by atoms with Gasteiger partial charge in [-0.3, -0.25) is 19.7 Å². The van der Waals surface area contributed by atoms with E-state index in [0.717, 1.165) is 12.1 Å². The number of nitrogens with zero attached hydrogens (tertiary/aromatic N) is 2. The summed E-state index contributed by atoms with van der Waals surface area (Å²) in [5, 5.41) is 13.6. The summed E-state index contributed by atoms with van der Waals surface area (Å²) in [5.41, 5.74) is 3.08. The Balaban J connectivity index is 1.69. The summed E-state index contributed by atoms with van der Waals surface area (Å²) in [4.78, 5) is 36.9. The Hall–Kier alpha value is -3.22. The van der Waals surface area contributed by atoms with E-state index in [2.05, 4.69) is 12.2 Å². The summed E-state index contributed by atoms with van der Waals surface area (Å²) in [5.74, 6) is -0.800. The van der Waals surface area contributed by atoms with Crippen molar-refractivity contribution in [3.05, 3.63) is 63.7 Å². The first-order valence-corrected chi connectivity index (χ1v) is 8.84. The molecule has 1 saturated heterocycles. The number of rotatable bonds is 5. The zero-order valence-electron chi connectivity index (χ0n) is 15.3. The Kier molecular flexibility index (Phi) is 5.21. The lowest BCUT2D eigenvalue weighted by molar-refractivity contribution is -0.384. The van der Waals surface area contributed by atoms with Gasteiger partial charge in [-0.15, -0.1) is 0 Å². The summed E-state index contributed by atoms with van der Waals surface area (Å²) >= 11 is 0. The molecule has 1 fully saturated rings. The first-order chi connectivity index (χ1) is 12.9. The van der Waals surface area contributed by atoms with Crippen molar-refractivity contribution < 1.29 is 14.5 Å². The molecule has 0 bridgehead atoms. The SMILES string of the molecule is CCc1ccc(N2CC(C(=O)Nc3ccc([N+](=O)[O-])cc3C)CC2=O)cc1. The molecule has 1 aliphatic heterocycles. The Labute approximate surface area is 157 Å². The molecule has 2 aromatic rings. The predicted molar refractivity (Wildman–Crippen MR) is 103 cm³/mol. The minimum Gasteiger partial charge on any atom is -0.326 e. The van der Waals surface area contributed by atoms with Crippen LogP contribution in [0.25, 0.3) is 0 Å². The van der Waals surface area contributed by atoms with Crippen molar-refractivity contribution in [3.63, 3.8) is 0 Å². The molecule has 3 rings (SSSR count). The van der Waals surface area contributed by atoms with E-state index in [1.54, 1.807) is 11.8 Å². The Morgan fingerprint density at radius 3 is 2.56 bits per heavy atom. The van der Waals surface area contributed by atoms with Crippen LogP contribution in [0.2, 0.25) is 0 Å². The summed E-state index contributed by atoms with van der Waals surface area (Å²) in [6.07, 6.45) is 1.07. The number of hydrogen-bond acceptors (Lipinski definition) is 4. The number of anilines is 2. The van der Waals surface area contributed by atoms with Gasteiger partial charge in [0, 0.05) is 36.5 Å². The van der Waals surface area contributed by atoms with E-state index in [0.29, 0.717) is 17.8 Å². The average molecular weight is 367 g/mol. The molecule has 1 heterocycles. The summed E-state index contributed by atoms with van der Waals surface area (Å²) in [7, 11) is 0. The fourth-order valence-corrected chi connectivity index (χ4v) is 3.18. The second-order valence-corrected chi connectivity index (χ2v) is 6.67. The van der Waals surface area contributed by atoms with Gasteiger partial charge in [0.25, 0.3) is 5.69 Å². The van der Waals surface area contributed by atoms with Crippen LogP contribution in [-0.2, 0) is 16.0 Å². The van der Waals surface area contributed by atoms with Crippen LogP contribution >= 0.6 is 0 Å². The van der Waals surface area contributed by atoms with Crippen LogP contribution in [0.3, 0.4) is 0 Å². The van der Waals surface area contributed by atoms with E-state index >= 15 is 0 Å². The van der Waals surface area contributed by atoms with Crippen LogP contribution in [0.5, 0.6) is 0 Å². The van der Waals surface area contributed by atoms with Crippen LogP contribution in [-0.4, -0.2) is 23.3 Å². The van der Waals surface area contributed by atoms with Crippen LogP contribution in [0.15, 0.2) is 42.5 Å². The maximum atomic E-state index is 12.6. The Morgan fingerprint density at radius 1 is 1.26 bits per heavy atom. The third-order valence-corrected chi connectivity index (χ3v) is 4.83. The highest BCUT2D eigenvalue weighted by molar-refractivity contribution is 6.03. The third kappa shape index (κ3) is 3.97. The molecule has 0 saturated carbocycles. The minimum atomic E-state index is -0.476. The molecule has 27 heavy (non-hydrogen) atoms. The third-order valence-electron chi connectivity index (χ3n) is 4.83. The fraction of sp³-hybridized carbons (Fsp3) is 0.300. The number of amides is 2. The highest BCUT2D eigenvalue weighted by Gasteiger charge is 2.35. The van der Waals surface area contributed by atoms with Crippen LogP contribution < -0.4 is 10.2 Å². The molecule has 0 spiro atoms. The topological polar surface area (TPSA) is 92.6 Å². The van der Waals surface area contributed by atoms with Gasteiger partial charge in [0.1, 0.15) is 0 Å². The fourth-order valence-electron chi connectivity index (χ4n) is 3.18. The molecular weight excluding hydrogens is 346 g/mol. The predicted octanol–water partition coefficient (Wildman–Crippen LogP) is 3.46. The normalized spacial score (nSPS) is 16.4. The quantitative estimate of drug-likeness (QED) is 0.647. The first kappa shape index (κ1) is 18.6. The summed E-state index contributed by atoms with van der Waals surface area (Å²) in [6.45, 7) is 4.09. The second-order valence-electron chi connectivity index (χ2n) is 6.67. The lowest BCUT2D eigenvalue weighted by atomic mass is 10.1. The molecule has 1 atom stereocenters. The highest BCUT2D eigenvalue weighted by Crippen LogP contribution is 2.27. The van der Waals surface area contributed by atoms with Crippen molar-refractivity contribution in [2.45, 2.75) is 26.7 Å². The number of carbonyl (C=O) groups excluding carboxylic acids is 2. The van der Waals surface area contributed by atoms with Crippen molar-refractivity contribution in [2.24, 2.45) is 5.92 Å². The summed E-state index contributed by atoms with van der Waals surface area (Å²) in [6, 6.07) is 12.0. The average Bonchev–Trinajstić information content (AvgIpc) is 3.05. The molecule has 2 amide bonds. The van der Waals surface area contributed by atoms with Crippen LogP contribution in [0, 0.1) is 23.0 Å². The van der Waals surface area contributed by atoms with Crippen LogP contribution in [0.4, 0.5) is 17.1 Å². The molecule has 7 nitrogen and oxygen atoms in total. The summed E-state index contributed by atoms with van der Waals surface area (Å²) < 4.78 is 0. The van der Waals surface area contributed by atoms with Gasteiger partial charge in [-0.05, 0) is 42.7 Å². The van der Waals surface area contributed by atoms with Crippen molar-refractivity contribution in [3.8, 4) is 0 Å². The maximum Gasteiger partial charge on any atom is 0.269 e. The Bertz CT molecular complexity index is 893. The molecule has 0 aromatic heterocycles. The molecule has 0 aliphatic carbocycles. The number of nitrogens with one attached hydrogen (secondary N) is 1. The lowest BCUT2D eigenvalue weighted by Crippen LogP contribution is -2.28. The van der Waals surface area contributed by atoms with E-state index in [-0.39, 0.29) is 23.9 Å². The van der Waals surface area contributed by atoms with Crippen molar-refractivity contribution in [1.82, 2.24) is 0 Å². The van der Waals surface area contributed by atoms with Gasteiger partial charge in [-0.25, -0.2) is 0 Å². The van der Waals surface area contributed by atoms with Crippen molar-refractivity contribution >= 4 is 28.9 Å². The van der Waals surface area contributed by atoms with Gasteiger partial charge in [-0.2, -0.15) is 0 Å². The number of nitro groups is 1. The molecule has 1 aliphatic rings. The molecule has 0 radical (unpaired) electrons. The number of aryl methyl sites for hydroxylation is 2. The maximum absolute atomic E-state index is 12.6. The monoisotopic (exact) mass is 367 g/mol. The van der Waals surface area contributed by atoms with E-state index < -0.39 is 10.8 Å². The van der Waals surface area contributed by atoms with Gasteiger partial charge in [0.15, 0.2) is 0 Å². The van der Waals surface area contributed by atoms with E-state index in [4.69, 9.17) is 0 Å². The zero-order chi connectivity index (χ0) is 19.6. The number of benzene rings is 2. The van der Waals surface area contributed by atoms with Gasteiger partial charge in [0.05, 0.1) is 10.8 Å². The molecule has 2 aromatic carbocycles. The number of nitro benzene ring substituents is 1. The number of hydrogen-bond donors (Lipinski definition) is 1. The Morgan fingerprint density at radius 2 is 1.96 bits per heavy atom. The molecule has 140 valence electrons. The van der Waals surface area contributed by atoms with E-state index in [9.17, 15) is 19.7 Å². The number of non-ortho nitro benzene ring substituents is 1.